The van der Waals surface area contributed by atoms with E-state index in [-0.39, 0.29) is 5.91 Å². The van der Waals surface area contributed by atoms with Gasteiger partial charge >= 0.3 is 0 Å². The van der Waals surface area contributed by atoms with Crippen LogP contribution in [0.1, 0.15) is 47.9 Å². The molecule has 23 heavy (non-hydrogen) atoms. The van der Waals surface area contributed by atoms with Crippen molar-refractivity contribution in [3.8, 4) is 11.5 Å². The lowest BCUT2D eigenvalue weighted by molar-refractivity contribution is 0.0962. The molecule has 0 bridgehead atoms. The molecular weight excluding hydrogens is 290 g/mol. The predicted octanol–water partition coefficient (Wildman–Crippen LogP) is 3.84. The van der Waals surface area contributed by atoms with Gasteiger partial charge in [0.1, 0.15) is 11.5 Å². The number of amides is 1. The van der Waals surface area contributed by atoms with Crippen LogP contribution in [-0.4, -0.2) is 18.1 Å². The van der Waals surface area contributed by atoms with E-state index >= 15 is 0 Å². The Morgan fingerprint density at radius 3 is 2.70 bits per heavy atom. The van der Waals surface area contributed by atoms with Crippen molar-refractivity contribution in [2.75, 3.05) is 7.05 Å². The molecule has 0 saturated carbocycles. The summed E-state index contributed by atoms with van der Waals surface area (Å²) in [4.78, 5) is 11.6. The van der Waals surface area contributed by atoms with E-state index < -0.39 is 6.10 Å². The maximum Gasteiger partial charge on any atom is 0.251 e. The summed E-state index contributed by atoms with van der Waals surface area (Å²) in [6, 6.07) is 12.8. The van der Waals surface area contributed by atoms with E-state index in [1.165, 1.54) is 0 Å². The van der Waals surface area contributed by atoms with Gasteiger partial charge in [-0.3, -0.25) is 4.79 Å². The van der Waals surface area contributed by atoms with Crippen LogP contribution in [0.4, 0.5) is 0 Å². The van der Waals surface area contributed by atoms with Crippen LogP contribution in [0.3, 0.4) is 0 Å². The average molecular weight is 313 g/mol. The van der Waals surface area contributed by atoms with Gasteiger partial charge in [0.25, 0.3) is 5.91 Å². The van der Waals surface area contributed by atoms with Gasteiger partial charge < -0.3 is 15.2 Å². The first-order chi connectivity index (χ1) is 11.2. The first kappa shape index (κ1) is 17.0. The number of aliphatic hydroxyl groups excluding tert-OH is 1. The largest absolute Gasteiger partial charge is 0.457 e. The third-order valence-electron chi connectivity index (χ3n) is 3.75. The molecule has 4 nitrogen and oxygen atoms in total. The molecule has 0 aromatic heterocycles. The first-order valence-corrected chi connectivity index (χ1v) is 7.99. The molecule has 2 aromatic carbocycles. The molecule has 2 aromatic rings. The molecule has 1 aliphatic rings. The van der Waals surface area contributed by atoms with Crippen LogP contribution in [0.2, 0.25) is 0 Å². The molecular formula is C19H23NO3. The summed E-state index contributed by atoms with van der Waals surface area (Å²) in [5, 5.41) is 12.5. The van der Waals surface area contributed by atoms with E-state index in [2.05, 4.69) is 5.32 Å². The lowest BCUT2D eigenvalue weighted by Gasteiger charge is -2.11. The predicted molar refractivity (Wildman–Crippen MR) is 91.0 cm³/mol. The highest BCUT2D eigenvalue weighted by Gasteiger charge is 2.23. The maximum absolute atomic E-state index is 11.6. The summed E-state index contributed by atoms with van der Waals surface area (Å²) in [6.45, 7) is 4.00. The third-order valence-corrected chi connectivity index (χ3v) is 3.75. The van der Waals surface area contributed by atoms with Crippen molar-refractivity contribution in [2.45, 2.75) is 32.8 Å². The zero-order chi connectivity index (χ0) is 16.8. The number of hydrogen-bond acceptors (Lipinski definition) is 3. The van der Waals surface area contributed by atoms with Crippen molar-refractivity contribution >= 4 is 5.91 Å². The maximum atomic E-state index is 11.6. The summed E-state index contributed by atoms with van der Waals surface area (Å²) >= 11 is 0. The Kier molecular flexibility index (Phi) is 5.77. The molecule has 0 radical (unpaired) electrons. The zero-order valence-corrected chi connectivity index (χ0v) is 13.8. The van der Waals surface area contributed by atoms with Gasteiger partial charge in [-0.05, 0) is 42.7 Å². The number of nitrogens with one attached hydrogen (secondary N) is 1. The van der Waals surface area contributed by atoms with Gasteiger partial charge in [-0.25, -0.2) is 0 Å². The Bertz CT molecular complexity index is 682. The van der Waals surface area contributed by atoms with Crippen molar-refractivity contribution < 1.29 is 14.6 Å². The molecule has 1 unspecified atom stereocenters. The topological polar surface area (TPSA) is 58.6 Å². The van der Waals surface area contributed by atoms with Crippen LogP contribution in [0.15, 0.2) is 42.5 Å². The number of rotatable bonds is 3. The van der Waals surface area contributed by atoms with Gasteiger partial charge in [-0.15, -0.1) is 0 Å². The van der Waals surface area contributed by atoms with E-state index in [9.17, 15) is 9.90 Å². The van der Waals surface area contributed by atoms with Gasteiger partial charge in [-0.2, -0.15) is 0 Å². The van der Waals surface area contributed by atoms with Crippen molar-refractivity contribution in [1.29, 1.82) is 0 Å². The number of ether oxygens (including phenoxy) is 1. The van der Waals surface area contributed by atoms with Crippen LogP contribution >= 0.6 is 0 Å². The lowest BCUT2D eigenvalue weighted by atomic mass is 10.1. The second kappa shape index (κ2) is 7.79. The highest BCUT2D eigenvalue weighted by Crippen LogP contribution is 2.38. The summed E-state index contributed by atoms with van der Waals surface area (Å²) in [6.07, 6.45) is 1.14. The minimum absolute atomic E-state index is 0.144. The van der Waals surface area contributed by atoms with Crippen LogP contribution < -0.4 is 10.1 Å². The SMILES string of the molecule is CC.CNC(=O)c1cccc(Oc2cccc3c2CCC3O)c1. The van der Waals surface area contributed by atoms with Crippen molar-refractivity contribution in [1.82, 2.24) is 5.32 Å². The molecule has 0 saturated heterocycles. The molecule has 0 aliphatic heterocycles. The fourth-order valence-corrected chi connectivity index (χ4v) is 2.67. The van der Waals surface area contributed by atoms with E-state index in [4.69, 9.17) is 4.74 Å². The number of hydrogen-bond donors (Lipinski definition) is 2. The standard InChI is InChI=1S/C17H17NO3.C2H6/c1-18-17(20)11-4-2-5-12(10-11)21-16-7-3-6-13-14(16)8-9-15(13)19;1-2/h2-7,10,15,19H,8-9H2,1H3,(H,18,20);1-2H3. The van der Waals surface area contributed by atoms with Crippen molar-refractivity contribution in [2.24, 2.45) is 0 Å². The molecule has 0 fully saturated rings. The number of carbonyl (C=O) groups is 1. The quantitative estimate of drug-likeness (QED) is 0.905. The molecule has 1 aliphatic carbocycles. The molecule has 0 spiro atoms. The van der Waals surface area contributed by atoms with Crippen LogP contribution in [0, 0.1) is 0 Å². The Morgan fingerprint density at radius 1 is 1.22 bits per heavy atom. The molecule has 4 heteroatoms. The van der Waals surface area contributed by atoms with E-state index in [0.29, 0.717) is 11.3 Å². The third kappa shape index (κ3) is 3.71. The smallest absolute Gasteiger partial charge is 0.251 e. The minimum Gasteiger partial charge on any atom is -0.457 e. The van der Waals surface area contributed by atoms with Crippen LogP contribution in [0.5, 0.6) is 11.5 Å². The lowest BCUT2D eigenvalue weighted by Crippen LogP contribution is -2.17. The summed E-state index contributed by atoms with van der Waals surface area (Å²) in [5.41, 5.74) is 2.55. The minimum atomic E-state index is -0.402. The van der Waals surface area contributed by atoms with Gasteiger partial charge in [0, 0.05) is 18.2 Å². The molecule has 0 heterocycles. The monoisotopic (exact) mass is 313 g/mol. The Morgan fingerprint density at radius 2 is 1.96 bits per heavy atom. The van der Waals surface area contributed by atoms with Gasteiger partial charge in [0.05, 0.1) is 6.10 Å². The van der Waals surface area contributed by atoms with Crippen molar-refractivity contribution in [3.05, 3.63) is 59.2 Å². The zero-order valence-electron chi connectivity index (χ0n) is 13.8. The highest BCUT2D eigenvalue weighted by molar-refractivity contribution is 5.94. The van der Waals surface area contributed by atoms with E-state index in [0.717, 1.165) is 29.7 Å². The average Bonchev–Trinajstić information content (AvgIpc) is 2.99. The van der Waals surface area contributed by atoms with Gasteiger partial charge in [-0.1, -0.05) is 32.0 Å². The number of benzene rings is 2. The second-order valence-electron chi connectivity index (χ2n) is 5.09. The molecule has 2 N–H and O–H groups in total. The Hall–Kier alpha value is -2.33. The summed E-state index contributed by atoms with van der Waals surface area (Å²) < 4.78 is 5.91. The van der Waals surface area contributed by atoms with Crippen LogP contribution in [-0.2, 0) is 6.42 Å². The fourth-order valence-electron chi connectivity index (χ4n) is 2.67. The molecule has 122 valence electrons. The van der Waals surface area contributed by atoms with Crippen molar-refractivity contribution in [3.63, 3.8) is 0 Å². The van der Waals surface area contributed by atoms with E-state index in [1.54, 1.807) is 25.2 Å². The van der Waals surface area contributed by atoms with E-state index in [1.807, 2.05) is 38.1 Å². The normalized spacial score (nSPS) is 15.2. The molecule has 1 amide bonds. The molecule has 3 rings (SSSR count). The van der Waals surface area contributed by atoms with Gasteiger partial charge in [0.2, 0.25) is 0 Å². The number of carbonyl (C=O) groups excluding carboxylic acids is 1. The summed E-state index contributed by atoms with van der Waals surface area (Å²) in [7, 11) is 1.60. The summed E-state index contributed by atoms with van der Waals surface area (Å²) in [5.74, 6) is 1.22. The number of aliphatic hydroxyl groups is 1. The Labute approximate surface area is 137 Å². The van der Waals surface area contributed by atoms with Crippen LogP contribution in [0.25, 0.3) is 0 Å². The number of fused-ring (bicyclic) bond motifs is 1. The second-order valence-corrected chi connectivity index (χ2v) is 5.09. The fraction of sp³-hybridized carbons (Fsp3) is 0.316. The first-order valence-electron chi connectivity index (χ1n) is 7.99. The van der Waals surface area contributed by atoms with Gasteiger partial charge in [0.15, 0.2) is 0 Å². The molecule has 1 atom stereocenters. The Balaban J connectivity index is 0.000000924. The highest BCUT2D eigenvalue weighted by atomic mass is 16.5.